The van der Waals surface area contributed by atoms with Crippen LogP contribution in [0.4, 0.5) is 0 Å². The lowest BCUT2D eigenvalue weighted by molar-refractivity contribution is -0.390. The van der Waals surface area contributed by atoms with E-state index in [1.165, 1.54) is 37.7 Å². The molecule has 2 aliphatic heterocycles. The van der Waals surface area contributed by atoms with Gasteiger partial charge in [0.25, 0.3) is 0 Å². The fraction of sp³-hybridized carbons (Fsp3) is 0.767. The Bertz CT molecular complexity index is 923. The van der Waals surface area contributed by atoms with Gasteiger partial charge in [-0.15, -0.1) is 0 Å². The Balaban J connectivity index is 0.874. The minimum Gasteiger partial charge on any atom is -0.494 e. The monoisotopic (exact) mass is 510 g/mol. The molecule has 202 valence electrons. The number of carbonyl (C=O) groups excluding carboxylic acids is 1. The van der Waals surface area contributed by atoms with Gasteiger partial charge in [-0.2, -0.15) is 9.78 Å². The fourth-order valence-corrected chi connectivity index (χ4v) is 8.59. The summed E-state index contributed by atoms with van der Waals surface area (Å²) >= 11 is 0. The maximum atomic E-state index is 10.8. The molecule has 7 fully saturated rings. The Morgan fingerprint density at radius 1 is 0.892 bits per heavy atom. The smallest absolute Gasteiger partial charge is 0.210 e. The first kappa shape index (κ1) is 24.4. The lowest BCUT2D eigenvalue weighted by Crippen LogP contribution is -2.59. The summed E-state index contributed by atoms with van der Waals surface area (Å²) in [5.41, 5.74) is 1.39. The summed E-state index contributed by atoms with van der Waals surface area (Å²) in [6, 6.07) is 8.72. The third-order valence-corrected chi connectivity index (χ3v) is 10.5. The van der Waals surface area contributed by atoms with Crippen LogP contribution in [0.3, 0.4) is 0 Å². The number of hydrogen-bond donors (Lipinski definition) is 0. The van der Waals surface area contributed by atoms with Crippen LogP contribution in [0.2, 0.25) is 0 Å². The van der Waals surface area contributed by atoms with Crippen molar-refractivity contribution < 1.29 is 24.0 Å². The number of ether oxygens (including phenoxy) is 2. The average Bonchev–Trinajstić information content (AvgIpc) is 3.30. The molecule has 5 saturated carbocycles. The van der Waals surface area contributed by atoms with E-state index in [4.69, 9.17) is 19.2 Å². The third-order valence-electron chi connectivity index (χ3n) is 10.5. The van der Waals surface area contributed by atoms with Crippen molar-refractivity contribution in [1.82, 2.24) is 9.80 Å². The maximum absolute atomic E-state index is 10.8. The Kier molecular flexibility index (Phi) is 6.47. The summed E-state index contributed by atoms with van der Waals surface area (Å²) in [6.07, 6.45) is 12.4. The second kappa shape index (κ2) is 9.82. The van der Waals surface area contributed by atoms with Crippen LogP contribution in [0, 0.1) is 23.7 Å². The van der Waals surface area contributed by atoms with Gasteiger partial charge in [0.05, 0.1) is 6.61 Å². The van der Waals surface area contributed by atoms with Crippen molar-refractivity contribution in [1.29, 1.82) is 0 Å². The van der Waals surface area contributed by atoms with E-state index in [0.717, 1.165) is 95.4 Å². The van der Waals surface area contributed by atoms with Crippen molar-refractivity contribution in [2.75, 3.05) is 39.3 Å². The van der Waals surface area contributed by atoms with Gasteiger partial charge in [-0.1, -0.05) is 12.1 Å². The highest BCUT2D eigenvalue weighted by Crippen LogP contribution is 2.64. The van der Waals surface area contributed by atoms with E-state index >= 15 is 0 Å². The van der Waals surface area contributed by atoms with Crippen molar-refractivity contribution in [3.05, 3.63) is 29.8 Å². The molecule has 0 radical (unpaired) electrons. The fourth-order valence-electron chi connectivity index (χ4n) is 8.59. The number of nitrogens with zero attached hydrogens (tertiary/aromatic N) is 2. The van der Waals surface area contributed by atoms with E-state index in [1.54, 1.807) is 0 Å². The number of piperazine rings is 1. The summed E-state index contributed by atoms with van der Waals surface area (Å²) in [6.45, 7) is 5.33. The minimum absolute atomic E-state index is 0.455. The van der Waals surface area contributed by atoms with Gasteiger partial charge in [0, 0.05) is 57.4 Å². The van der Waals surface area contributed by atoms with Gasteiger partial charge in [-0.3, -0.25) is 9.69 Å². The van der Waals surface area contributed by atoms with E-state index in [-0.39, 0.29) is 0 Å². The Hall–Kier alpha value is -1.67. The van der Waals surface area contributed by atoms with Gasteiger partial charge in [-0.25, -0.2) is 0 Å². The molecule has 8 rings (SSSR count). The van der Waals surface area contributed by atoms with Crippen molar-refractivity contribution in [3.8, 4) is 5.75 Å². The topological polar surface area (TPSA) is 60.5 Å². The normalized spacial score (nSPS) is 41.1. The van der Waals surface area contributed by atoms with Gasteiger partial charge in [0.1, 0.15) is 5.75 Å². The van der Waals surface area contributed by atoms with Crippen LogP contribution >= 0.6 is 0 Å². The third kappa shape index (κ3) is 4.60. The molecule has 2 saturated heterocycles. The Morgan fingerprint density at radius 2 is 1.57 bits per heavy atom. The lowest BCUT2D eigenvalue weighted by Gasteiger charge is -2.57. The summed E-state index contributed by atoms with van der Waals surface area (Å²) in [7, 11) is 0. The highest BCUT2D eigenvalue weighted by atomic mass is 17.3. The number of hydrogen-bond acceptors (Lipinski definition) is 6. The summed E-state index contributed by atoms with van der Waals surface area (Å²) < 4.78 is 12.9. The van der Waals surface area contributed by atoms with Crippen molar-refractivity contribution >= 4 is 6.41 Å². The van der Waals surface area contributed by atoms with E-state index in [0.29, 0.717) is 17.8 Å². The second-order valence-electron chi connectivity index (χ2n) is 12.7. The molecule has 7 nitrogen and oxygen atoms in total. The van der Waals surface area contributed by atoms with E-state index < -0.39 is 11.6 Å². The van der Waals surface area contributed by atoms with Gasteiger partial charge >= 0.3 is 0 Å². The van der Waals surface area contributed by atoms with E-state index in [1.807, 2.05) is 4.90 Å². The van der Waals surface area contributed by atoms with Crippen LogP contribution in [0.15, 0.2) is 24.3 Å². The molecule has 2 spiro atoms. The average molecular weight is 511 g/mol. The molecule has 7 aliphatic rings. The molecule has 0 unspecified atom stereocenters. The lowest BCUT2D eigenvalue weighted by atomic mass is 9.53. The van der Waals surface area contributed by atoms with Crippen LogP contribution in [0.5, 0.6) is 5.75 Å². The van der Waals surface area contributed by atoms with Gasteiger partial charge < -0.3 is 14.4 Å². The number of carbonyl (C=O) groups is 1. The maximum Gasteiger partial charge on any atom is 0.210 e. The molecule has 1 amide bonds. The molecule has 0 atom stereocenters. The zero-order valence-corrected chi connectivity index (χ0v) is 22.0. The number of benzene rings is 1. The molecular weight excluding hydrogens is 468 g/mol. The molecule has 7 heteroatoms. The number of amides is 1. The van der Waals surface area contributed by atoms with E-state index in [2.05, 4.69) is 29.2 Å². The molecule has 1 aromatic carbocycles. The summed E-state index contributed by atoms with van der Waals surface area (Å²) in [5, 5.41) is 0. The standard InChI is InChI=1S/C30H42N2O5/c33-21-32-13-11-31(12-14-32)10-1-15-34-28-4-2-24(3-5-28)25-6-8-29(9-7-25)35-30(37-36-29)26-17-22-16-23(19-26)20-27(30)18-22/h2-5,21-23,25-27H,1,6-20H2. The molecular formula is C30H42N2O5. The molecule has 1 aromatic rings. The Labute approximate surface area is 220 Å². The minimum atomic E-state index is -0.533. The van der Waals surface area contributed by atoms with Crippen LogP contribution < -0.4 is 4.74 Å². The van der Waals surface area contributed by atoms with Crippen molar-refractivity contribution in [2.45, 2.75) is 81.7 Å². The SMILES string of the molecule is O=CN1CCN(CCCOc2ccc(C3CCC4(CC3)OOC3(O4)C4CC5CC(C4)CC3C5)cc2)CC1. The molecule has 0 N–H and O–H groups in total. The molecule has 4 bridgehead atoms. The largest absolute Gasteiger partial charge is 0.494 e. The molecule has 37 heavy (non-hydrogen) atoms. The predicted octanol–water partition coefficient (Wildman–Crippen LogP) is 4.71. The molecule has 0 aromatic heterocycles. The van der Waals surface area contributed by atoms with Crippen LogP contribution in [0.1, 0.15) is 75.7 Å². The first-order valence-corrected chi connectivity index (χ1v) is 14.8. The molecule has 2 heterocycles. The second-order valence-corrected chi connectivity index (χ2v) is 12.7. The summed E-state index contributed by atoms with van der Waals surface area (Å²) in [4.78, 5) is 27.4. The first-order valence-electron chi connectivity index (χ1n) is 14.8. The van der Waals surface area contributed by atoms with Gasteiger partial charge in [-0.05, 0) is 86.8 Å². The van der Waals surface area contributed by atoms with Gasteiger partial charge in [0.15, 0.2) is 0 Å². The zero-order valence-electron chi connectivity index (χ0n) is 22.0. The summed E-state index contributed by atoms with van der Waals surface area (Å²) in [5.74, 6) is 3.34. The quantitative estimate of drug-likeness (QED) is 0.301. The van der Waals surface area contributed by atoms with Crippen LogP contribution in [-0.2, 0) is 19.3 Å². The zero-order chi connectivity index (χ0) is 24.9. The Morgan fingerprint density at radius 3 is 2.22 bits per heavy atom. The van der Waals surface area contributed by atoms with Crippen LogP contribution in [-0.4, -0.2) is 67.1 Å². The highest BCUT2D eigenvalue weighted by molar-refractivity contribution is 5.47. The first-order chi connectivity index (χ1) is 18.1. The van der Waals surface area contributed by atoms with Crippen LogP contribution in [0.25, 0.3) is 0 Å². The number of rotatable bonds is 7. The van der Waals surface area contributed by atoms with Gasteiger partial charge in [0.2, 0.25) is 18.0 Å². The van der Waals surface area contributed by atoms with E-state index in [9.17, 15) is 4.79 Å². The van der Waals surface area contributed by atoms with Crippen molar-refractivity contribution in [2.24, 2.45) is 23.7 Å². The predicted molar refractivity (Wildman–Crippen MR) is 138 cm³/mol. The highest BCUT2D eigenvalue weighted by Gasteiger charge is 2.66. The van der Waals surface area contributed by atoms with Crippen molar-refractivity contribution in [3.63, 3.8) is 0 Å². The molecule has 5 aliphatic carbocycles.